The smallest absolute Gasteiger partial charge is 0.347 e. The molecule has 0 amide bonds. The maximum absolute atomic E-state index is 12.7. The van der Waals surface area contributed by atoms with Crippen molar-refractivity contribution in [2.75, 3.05) is 0 Å². The Morgan fingerprint density at radius 3 is 2.68 bits per heavy atom. The molecule has 1 aromatic carbocycles. The zero-order valence-corrected chi connectivity index (χ0v) is 14.8. The molecule has 2 aliphatic rings. The predicted molar refractivity (Wildman–Crippen MR) is 94.7 cm³/mol. The third kappa shape index (κ3) is 2.19. The van der Waals surface area contributed by atoms with Crippen LogP contribution in [-0.2, 0) is 0 Å². The average Bonchev–Trinajstić information content (AvgIpc) is 2.50. The fourth-order valence-corrected chi connectivity index (χ4v) is 4.07. The number of aliphatic hydroxyl groups is 2. The number of aliphatic hydroxyl groups excluding tert-OH is 1. The minimum absolute atomic E-state index is 0.239. The first kappa shape index (κ1) is 16.4. The summed E-state index contributed by atoms with van der Waals surface area (Å²) in [5.74, 6) is 0.435. The van der Waals surface area contributed by atoms with E-state index >= 15 is 0 Å². The highest BCUT2D eigenvalue weighted by molar-refractivity contribution is 5.94. The van der Waals surface area contributed by atoms with Crippen LogP contribution in [0.1, 0.15) is 44.7 Å². The van der Waals surface area contributed by atoms with Gasteiger partial charge in [0.1, 0.15) is 28.6 Å². The molecule has 0 saturated heterocycles. The molecule has 0 fully saturated rings. The number of ether oxygens (including phenoxy) is 1. The van der Waals surface area contributed by atoms with E-state index < -0.39 is 22.9 Å². The van der Waals surface area contributed by atoms with Gasteiger partial charge in [-0.15, -0.1) is 0 Å². The molecule has 1 aromatic heterocycles. The molecule has 0 saturated carbocycles. The van der Waals surface area contributed by atoms with Crippen LogP contribution in [0.5, 0.6) is 5.75 Å². The van der Waals surface area contributed by atoms with Gasteiger partial charge in [0.2, 0.25) is 0 Å². The highest BCUT2D eigenvalue weighted by atomic mass is 16.5. The zero-order chi connectivity index (χ0) is 18.1. The van der Waals surface area contributed by atoms with Crippen molar-refractivity contribution < 1.29 is 19.4 Å². The normalized spacial score (nSPS) is 27.7. The summed E-state index contributed by atoms with van der Waals surface area (Å²) in [6.07, 6.45) is -0.202. The molecular weight excluding hydrogens is 320 g/mol. The van der Waals surface area contributed by atoms with E-state index in [0.717, 1.165) is 16.5 Å². The van der Waals surface area contributed by atoms with E-state index in [4.69, 9.17) is 9.15 Å². The summed E-state index contributed by atoms with van der Waals surface area (Å²) in [6, 6.07) is 5.49. The number of benzene rings is 1. The Balaban J connectivity index is 2.15. The van der Waals surface area contributed by atoms with Crippen LogP contribution in [0.3, 0.4) is 0 Å². The largest absolute Gasteiger partial charge is 0.482 e. The van der Waals surface area contributed by atoms with E-state index in [9.17, 15) is 15.0 Å². The van der Waals surface area contributed by atoms with Crippen molar-refractivity contribution in [2.45, 2.75) is 57.8 Å². The van der Waals surface area contributed by atoms with Crippen molar-refractivity contribution in [3.63, 3.8) is 0 Å². The maximum atomic E-state index is 12.7. The lowest BCUT2D eigenvalue weighted by atomic mass is 9.71. The first-order valence-electron chi connectivity index (χ1n) is 8.53. The molecular formula is C20H22O5. The Bertz CT molecular complexity index is 977. The lowest BCUT2D eigenvalue weighted by molar-refractivity contribution is -0.0476. The van der Waals surface area contributed by atoms with Crippen LogP contribution in [0.25, 0.3) is 16.5 Å². The van der Waals surface area contributed by atoms with Crippen LogP contribution in [0.4, 0.5) is 0 Å². The van der Waals surface area contributed by atoms with E-state index in [1.165, 1.54) is 0 Å². The molecule has 2 atom stereocenters. The van der Waals surface area contributed by atoms with Gasteiger partial charge in [0.25, 0.3) is 0 Å². The molecule has 132 valence electrons. The first-order chi connectivity index (χ1) is 11.6. The molecule has 2 N–H and O–H groups in total. The first-order valence-corrected chi connectivity index (χ1v) is 8.53. The molecule has 0 spiro atoms. The van der Waals surface area contributed by atoms with Gasteiger partial charge in [0.15, 0.2) is 0 Å². The molecule has 2 aromatic rings. The van der Waals surface area contributed by atoms with Crippen LogP contribution in [0.2, 0.25) is 0 Å². The van der Waals surface area contributed by atoms with Crippen LogP contribution in [0.15, 0.2) is 33.0 Å². The van der Waals surface area contributed by atoms with Crippen molar-refractivity contribution >= 4 is 16.5 Å². The second-order valence-electron chi connectivity index (χ2n) is 7.81. The molecule has 5 heteroatoms. The Labute approximate surface area is 145 Å². The molecule has 5 nitrogen and oxygen atoms in total. The summed E-state index contributed by atoms with van der Waals surface area (Å²) >= 11 is 0. The minimum atomic E-state index is -1.29. The van der Waals surface area contributed by atoms with Gasteiger partial charge < -0.3 is 19.4 Å². The Kier molecular flexibility index (Phi) is 3.25. The van der Waals surface area contributed by atoms with Crippen LogP contribution >= 0.6 is 0 Å². The fourth-order valence-electron chi connectivity index (χ4n) is 4.07. The minimum Gasteiger partial charge on any atom is -0.482 e. The van der Waals surface area contributed by atoms with Crippen molar-refractivity contribution in [3.05, 3.63) is 45.3 Å². The van der Waals surface area contributed by atoms with E-state index in [1.807, 2.05) is 32.9 Å². The molecule has 0 unspecified atom stereocenters. The van der Waals surface area contributed by atoms with Crippen LogP contribution in [-0.4, -0.2) is 27.5 Å². The second kappa shape index (κ2) is 4.96. The van der Waals surface area contributed by atoms with E-state index in [2.05, 4.69) is 0 Å². The van der Waals surface area contributed by atoms with E-state index in [-0.39, 0.29) is 5.56 Å². The van der Waals surface area contributed by atoms with Crippen LogP contribution in [0, 0.1) is 6.92 Å². The van der Waals surface area contributed by atoms with E-state index in [0.29, 0.717) is 29.7 Å². The highest BCUT2D eigenvalue weighted by Gasteiger charge is 2.48. The zero-order valence-electron chi connectivity index (χ0n) is 14.8. The third-order valence-corrected chi connectivity index (χ3v) is 5.52. The van der Waals surface area contributed by atoms with Gasteiger partial charge in [-0.3, -0.25) is 0 Å². The molecule has 1 aliphatic heterocycles. The van der Waals surface area contributed by atoms with Crippen molar-refractivity contribution in [1.29, 1.82) is 0 Å². The summed E-state index contributed by atoms with van der Waals surface area (Å²) in [4.78, 5) is 12.7. The fraction of sp³-hybridized carbons (Fsp3) is 0.450. The standard InChI is InChI=1S/C20H22O5/c1-10-6-5-7-12-13(10)16-15(18(22)24-12)14-11(19(2,3)25-16)8-9-20(4,23)17(14)21/h5-7,17,21,23H,8-9H2,1-4H3/t17-,20+/m0/s1. The monoisotopic (exact) mass is 342 g/mol. The summed E-state index contributed by atoms with van der Waals surface area (Å²) < 4.78 is 11.8. The van der Waals surface area contributed by atoms with Crippen molar-refractivity contribution in [2.24, 2.45) is 0 Å². The van der Waals surface area contributed by atoms with Gasteiger partial charge in [-0.1, -0.05) is 12.1 Å². The molecule has 0 bridgehead atoms. The summed E-state index contributed by atoms with van der Waals surface area (Å²) in [5.41, 5.74) is 0.409. The van der Waals surface area contributed by atoms with Gasteiger partial charge in [0, 0.05) is 5.57 Å². The lowest BCUT2D eigenvalue weighted by Gasteiger charge is -2.45. The van der Waals surface area contributed by atoms with Crippen molar-refractivity contribution in [3.8, 4) is 5.75 Å². The maximum Gasteiger partial charge on any atom is 0.347 e. The highest BCUT2D eigenvalue weighted by Crippen LogP contribution is 2.50. The van der Waals surface area contributed by atoms with E-state index in [1.54, 1.807) is 13.0 Å². The summed E-state index contributed by atoms with van der Waals surface area (Å²) in [7, 11) is 0. The number of hydrogen-bond donors (Lipinski definition) is 2. The number of aryl methyl sites for hydroxylation is 1. The Morgan fingerprint density at radius 1 is 1.24 bits per heavy atom. The molecule has 4 rings (SSSR count). The SMILES string of the molecule is Cc1cccc2oc(=O)c3c(c12)OC(C)(C)C1=C3[C@H](O)[C@](C)(O)CC1. The molecule has 1 aliphatic carbocycles. The van der Waals surface area contributed by atoms with Gasteiger partial charge in [0.05, 0.1) is 11.0 Å². The molecule has 2 heterocycles. The summed E-state index contributed by atoms with van der Waals surface area (Å²) in [5, 5.41) is 22.1. The average molecular weight is 342 g/mol. The number of rotatable bonds is 0. The Hall–Kier alpha value is -2.11. The lowest BCUT2D eigenvalue weighted by Crippen LogP contribution is -2.49. The quantitative estimate of drug-likeness (QED) is 0.720. The van der Waals surface area contributed by atoms with Gasteiger partial charge in [-0.2, -0.15) is 0 Å². The van der Waals surface area contributed by atoms with Gasteiger partial charge in [-0.25, -0.2) is 4.79 Å². The Morgan fingerprint density at radius 2 is 1.96 bits per heavy atom. The predicted octanol–water partition coefficient (Wildman–Crippen LogP) is 2.93. The van der Waals surface area contributed by atoms with Crippen LogP contribution < -0.4 is 10.4 Å². The van der Waals surface area contributed by atoms with Gasteiger partial charge >= 0.3 is 5.63 Å². The molecule has 0 radical (unpaired) electrons. The number of fused-ring (bicyclic) bond motifs is 4. The summed E-state index contributed by atoms with van der Waals surface area (Å²) in [6.45, 7) is 7.38. The number of hydrogen-bond acceptors (Lipinski definition) is 5. The molecule has 25 heavy (non-hydrogen) atoms. The topological polar surface area (TPSA) is 79.9 Å². The van der Waals surface area contributed by atoms with Crippen molar-refractivity contribution in [1.82, 2.24) is 0 Å². The second-order valence-corrected chi connectivity index (χ2v) is 7.81. The van der Waals surface area contributed by atoms with Gasteiger partial charge in [-0.05, 0) is 57.7 Å². The third-order valence-electron chi connectivity index (χ3n) is 5.52.